The molecule has 0 atom stereocenters. The number of nitrogens with zero attached hydrogens (tertiary/aromatic N) is 5. The van der Waals surface area contributed by atoms with Gasteiger partial charge < -0.3 is 0 Å². The number of rotatable bonds is 1. The van der Waals surface area contributed by atoms with Crippen LogP contribution in [-0.4, -0.2) is 19.3 Å². The molecule has 0 aliphatic rings. The maximum absolute atomic E-state index is 9.25. The normalized spacial score (nSPS) is 10.7. The highest BCUT2D eigenvalue weighted by Gasteiger charge is 2.16. The predicted octanol–water partition coefficient (Wildman–Crippen LogP) is 1.94. The van der Waals surface area contributed by atoms with Crippen LogP contribution in [0.3, 0.4) is 0 Å². The van der Waals surface area contributed by atoms with Crippen molar-refractivity contribution in [3.8, 4) is 11.9 Å². The van der Waals surface area contributed by atoms with Crippen LogP contribution in [-0.2, 0) is 7.05 Å². The Labute approximate surface area is 104 Å². The largest absolute Gasteiger partial charge is 0.282 e. The lowest BCUT2D eigenvalue weighted by molar-refractivity contribution is 0.726. The number of hydrogen-bond donors (Lipinski definition) is 0. The third-order valence-corrected chi connectivity index (χ3v) is 2.99. The molecule has 0 N–H and O–H groups in total. The van der Waals surface area contributed by atoms with E-state index in [2.05, 4.69) is 16.2 Å². The van der Waals surface area contributed by atoms with Gasteiger partial charge in [-0.25, -0.2) is 4.98 Å². The zero-order valence-electron chi connectivity index (χ0n) is 10.1. The van der Waals surface area contributed by atoms with E-state index in [4.69, 9.17) is 0 Å². The van der Waals surface area contributed by atoms with E-state index in [9.17, 15) is 5.26 Å². The monoisotopic (exact) mass is 237 g/mol. The number of fused-ring (bicyclic) bond motifs is 1. The van der Waals surface area contributed by atoms with E-state index in [1.165, 1.54) is 0 Å². The van der Waals surface area contributed by atoms with Gasteiger partial charge in [-0.3, -0.25) is 9.25 Å². The number of aryl methyl sites for hydroxylation is 2. The van der Waals surface area contributed by atoms with E-state index in [1.54, 1.807) is 11.0 Å². The molecule has 0 aliphatic heterocycles. The van der Waals surface area contributed by atoms with E-state index < -0.39 is 0 Å². The highest BCUT2D eigenvalue weighted by molar-refractivity contribution is 5.77. The fourth-order valence-electron chi connectivity index (χ4n) is 2.18. The van der Waals surface area contributed by atoms with Gasteiger partial charge in [0.15, 0.2) is 5.82 Å². The third kappa shape index (κ3) is 1.32. The lowest BCUT2D eigenvalue weighted by atomic mass is 10.2. The van der Waals surface area contributed by atoms with Crippen molar-refractivity contribution in [2.75, 3.05) is 0 Å². The van der Waals surface area contributed by atoms with Crippen LogP contribution in [0.5, 0.6) is 0 Å². The number of nitriles is 1. The zero-order valence-corrected chi connectivity index (χ0v) is 10.1. The van der Waals surface area contributed by atoms with Crippen molar-refractivity contribution in [1.29, 1.82) is 5.26 Å². The summed E-state index contributed by atoms with van der Waals surface area (Å²) in [4.78, 5) is 4.33. The Kier molecular flexibility index (Phi) is 2.17. The summed E-state index contributed by atoms with van der Waals surface area (Å²) >= 11 is 0. The van der Waals surface area contributed by atoms with Crippen LogP contribution in [0.15, 0.2) is 30.6 Å². The molecule has 0 amide bonds. The first-order chi connectivity index (χ1) is 8.72. The SMILES string of the molecule is Cc1nn(C)c(-n2cnc3ccccc32)c1C#N. The highest BCUT2D eigenvalue weighted by atomic mass is 15.3. The fraction of sp³-hybridized carbons (Fsp3) is 0.154. The van der Waals surface area contributed by atoms with E-state index in [0.29, 0.717) is 5.56 Å². The van der Waals surface area contributed by atoms with Crippen LogP contribution in [0.4, 0.5) is 0 Å². The standard InChI is InChI=1S/C13H11N5/c1-9-10(7-14)13(17(2)16-9)18-8-15-11-5-3-4-6-12(11)18/h3-6,8H,1-2H3. The summed E-state index contributed by atoms with van der Waals surface area (Å²) in [6.07, 6.45) is 1.72. The summed E-state index contributed by atoms with van der Waals surface area (Å²) in [5.41, 5.74) is 3.19. The van der Waals surface area contributed by atoms with Crippen LogP contribution < -0.4 is 0 Å². The molecule has 5 heteroatoms. The van der Waals surface area contributed by atoms with Gasteiger partial charge in [-0.1, -0.05) is 12.1 Å². The number of benzene rings is 1. The Morgan fingerprint density at radius 1 is 1.28 bits per heavy atom. The maximum Gasteiger partial charge on any atom is 0.154 e. The molecule has 2 aromatic heterocycles. The van der Waals surface area contributed by atoms with E-state index in [-0.39, 0.29) is 0 Å². The Morgan fingerprint density at radius 2 is 2.06 bits per heavy atom. The molecule has 0 spiro atoms. The second kappa shape index (κ2) is 3.70. The second-order valence-corrected chi connectivity index (χ2v) is 4.12. The summed E-state index contributed by atoms with van der Waals surface area (Å²) in [6, 6.07) is 10.0. The van der Waals surface area contributed by atoms with Crippen LogP contribution >= 0.6 is 0 Å². The number of aromatic nitrogens is 4. The Balaban J connectivity index is 2.37. The molecule has 0 unspecified atom stereocenters. The van der Waals surface area contributed by atoms with E-state index >= 15 is 0 Å². The van der Waals surface area contributed by atoms with Crippen LogP contribution in [0.25, 0.3) is 16.9 Å². The molecule has 0 saturated heterocycles. The molecule has 18 heavy (non-hydrogen) atoms. The molecule has 5 nitrogen and oxygen atoms in total. The lowest BCUT2D eigenvalue weighted by Gasteiger charge is -2.04. The molecule has 2 heterocycles. The average molecular weight is 237 g/mol. The minimum Gasteiger partial charge on any atom is -0.282 e. The van der Waals surface area contributed by atoms with Gasteiger partial charge in [-0.15, -0.1) is 0 Å². The van der Waals surface area contributed by atoms with Crippen LogP contribution in [0, 0.1) is 18.3 Å². The van der Waals surface area contributed by atoms with Gasteiger partial charge in [0.2, 0.25) is 0 Å². The molecule has 88 valence electrons. The molecule has 0 bridgehead atoms. The van der Waals surface area contributed by atoms with Crippen molar-refractivity contribution in [2.24, 2.45) is 7.05 Å². The van der Waals surface area contributed by atoms with Gasteiger partial charge >= 0.3 is 0 Å². The zero-order chi connectivity index (χ0) is 12.7. The minimum absolute atomic E-state index is 0.584. The first kappa shape index (κ1) is 10.5. The van der Waals surface area contributed by atoms with Gasteiger partial charge in [0.25, 0.3) is 0 Å². The Bertz CT molecular complexity index is 772. The molecule has 3 rings (SSSR count). The number of para-hydroxylation sites is 2. The van der Waals surface area contributed by atoms with Crippen molar-refractivity contribution in [3.05, 3.63) is 41.9 Å². The molecule has 0 fully saturated rings. The molecule has 0 saturated carbocycles. The quantitative estimate of drug-likeness (QED) is 0.649. The number of hydrogen-bond acceptors (Lipinski definition) is 3. The van der Waals surface area contributed by atoms with Crippen molar-refractivity contribution in [1.82, 2.24) is 19.3 Å². The van der Waals surface area contributed by atoms with Gasteiger partial charge in [-0.2, -0.15) is 10.4 Å². The lowest BCUT2D eigenvalue weighted by Crippen LogP contribution is -2.03. The summed E-state index contributed by atoms with van der Waals surface area (Å²) in [6.45, 7) is 1.83. The summed E-state index contributed by atoms with van der Waals surface area (Å²) < 4.78 is 3.61. The van der Waals surface area contributed by atoms with Gasteiger partial charge in [0, 0.05) is 7.05 Å². The Morgan fingerprint density at radius 3 is 2.83 bits per heavy atom. The first-order valence-corrected chi connectivity index (χ1v) is 5.58. The highest BCUT2D eigenvalue weighted by Crippen LogP contribution is 2.21. The first-order valence-electron chi connectivity index (χ1n) is 5.58. The average Bonchev–Trinajstić information content (AvgIpc) is 2.89. The molecular formula is C13H11N5. The van der Waals surface area contributed by atoms with E-state index in [0.717, 1.165) is 22.5 Å². The molecule has 1 aromatic carbocycles. The minimum atomic E-state index is 0.584. The smallest absolute Gasteiger partial charge is 0.154 e. The summed E-state index contributed by atoms with van der Waals surface area (Å²) in [5.74, 6) is 0.753. The predicted molar refractivity (Wildman–Crippen MR) is 67.3 cm³/mol. The summed E-state index contributed by atoms with van der Waals surface area (Å²) in [7, 11) is 1.83. The third-order valence-electron chi connectivity index (χ3n) is 2.99. The fourth-order valence-corrected chi connectivity index (χ4v) is 2.18. The molecule has 3 aromatic rings. The van der Waals surface area contributed by atoms with Gasteiger partial charge in [-0.05, 0) is 19.1 Å². The van der Waals surface area contributed by atoms with Crippen molar-refractivity contribution in [3.63, 3.8) is 0 Å². The van der Waals surface area contributed by atoms with Crippen LogP contribution in [0.1, 0.15) is 11.3 Å². The molecule has 0 aliphatic carbocycles. The van der Waals surface area contributed by atoms with Crippen LogP contribution in [0.2, 0.25) is 0 Å². The van der Waals surface area contributed by atoms with Gasteiger partial charge in [0.05, 0.1) is 16.7 Å². The Hall–Kier alpha value is -2.61. The number of imidazole rings is 1. The van der Waals surface area contributed by atoms with Crippen molar-refractivity contribution in [2.45, 2.75) is 6.92 Å². The topological polar surface area (TPSA) is 59.4 Å². The molecular weight excluding hydrogens is 226 g/mol. The maximum atomic E-state index is 9.25. The summed E-state index contributed by atoms with van der Waals surface area (Å²) in [5, 5.41) is 13.5. The van der Waals surface area contributed by atoms with E-state index in [1.807, 2.05) is 42.8 Å². The van der Waals surface area contributed by atoms with Gasteiger partial charge in [0.1, 0.15) is 18.0 Å². The van der Waals surface area contributed by atoms with Crippen molar-refractivity contribution >= 4 is 11.0 Å². The second-order valence-electron chi connectivity index (χ2n) is 4.12. The molecule has 0 radical (unpaired) electrons. The van der Waals surface area contributed by atoms with Crippen molar-refractivity contribution < 1.29 is 0 Å².